The molecule has 2 amide bonds. The number of aliphatic hydroxyl groups excluding tert-OH is 1. The highest BCUT2D eigenvalue weighted by atomic mass is 32.2. The maximum absolute atomic E-state index is 12.6. The van der Waals surface area contributed by atoms with Crippen molar-refractivity contribution in [1.29, 1.82) is 0 Å². The first-order valence-electron chi connectivity index (χ1n) is 8.82. The van der Waals surface area contributed by atoms with Crippen LogP contribution in [0.25, 0.3) is 0 Å². The summed E-state index contributed by atoms with van der Waals surface area (Å²) in [5.74, 6) is 0.654. The average Bonchev–Trinajstić information content (AvgIpc) is 2.64. The predicted molar refractivity (Wildman–Crippen MR) is 96.1 cm³/mol. The molecule has 0 aliphatic carbocycles. The number of pyridine rings is 1. The molecule has 0 unspecified atom stereocenters. The fraction of sp³-hybridized carbons (Fsp3) is 0.611. The van der Waals surface area contributed by atoms with Gasteiger partial charge in [0.05, 0.1) is 17.4 Å². The number of nitrogens with zero attached hydrogens (tertiary/aromatic N) is 3. The van der Waals surface area contributed by atoms with Crippen LogP contribution in [0.1, 0.15) is 25.7 Å². The molecule has 0 bridgehead atoms. The number of piperidine rings is 2. The van der Waals surface area contributed by atoms with Crippen molar-refractivity contribution < 1.29 is 14.7 Å². The number of thioether (sulfide) groups is 1. The van der Waals surface area contributed by atoms with Crippen LogP contribution in [0.3, 0.4) is 0 Å². The third kappa shape index (κ3) is 4.52. The molecular weight excluding hydrogens is 338 g/mol. The molecule has 2 aliphatic heterocycles. The Labute approximate surface area is 152 Å². The molecule has 2 fully saturated rings. The zero-order valence-electron chi connectivity index (χ0n) is 14.4. The largest absolute Gasteiger partial charge is 0.395 e. The number of β-amino-alcohol motifs (C(OH)–C–C–N with tert-alkyl or cyclic N) is 1. The first-order chi connectivity index (χ1) is 12.1. The monoisotopic (exact) mass is 363 g/mol. The number of carbonyl (C=O) groups is 2. The van der Waals surface area contributed by atoms with E-state index in [9.17, 15) is 14.7 Å². The molecule has 0 radical (unpaired) electrons. The number of aromatic nitrogens is 1. The molecule has 1 spiro atoms. The number of hydrogen-bond acceptors (Lipinski definition) is 5. The van der Waals surface area contributed by atoms with E-state index in [1.54, 1.807) is 11.1 Å². The summed E-state index contributed by atoms with van der Waals surface area (Å²) in [7, 11) is 0. The molecule has 136 valence electrons. The van der Waals surface area contributed by atoms with E-state index in [4.69, 9.17) is 0 Å². The quantitative estimate of drug-likeness (QED) is 0.801. The Hall–Kier alpha value is -1.60. The fourth-order valence-corrected chi connectivity index (χ4v) is 4.60. The molecule has 3 heterocycles. The van der Waals surface area contributed by atoms with Crippen LogP contribution in [-0.2, 0) is 9.59 Å². The van der Waals surface area contributed by atoms with Crippen LogP contribution in [0.2, 0.25) is 0 Å². The van der Waals surface area contributed by atoms with Crippen LogP contribution >= 0.6 is 11.8 Å². The molecule has 2 saturated heterocycles. The van der Waals surface area contributed by atoms with Crippen molar-refractivity contribution in [3.8, 4) is 0 Å². The van der Waals surface area contributed by atoms with Crippen molar-refractivity contribution >= 4 is 23.6 Å². The second-order valence-corrected chi connectivity index (χ2v) is 7.91. The predicted octanol–water partition coefficient (Wildman–Crippen LogP) is 1.40. The first-order valence-corrected chi connectivity index (χ1v) is 9.81. The molecule has 0 saturated carbocycles. The van der Waals surface area contributed by atoms with Crippen molar-refractivity contribution in [2.75, 3.05) is 38.5 Å². The standard InChI is InChI=1S/C18H25N3O3S/c22-11-10-21-14-18(7-5-16(21)23)6-3-9-20(13-18)17(24)12-25-15-4-1-2-8-19-15/h1-2,4,8,22H,3,5-7,9-14H2/t18-/m0/s1. The Morgan fingerprint density at radius 3 is 2.96 bits per heavy atom. The lowest BCUT2D eigenvalue weighted by Crippen LogP contribution is -2.55. The van der Waals surface area contributed by atoms with E-state index in [0.717, 1.165) is 30.8 Å². The Morgan fingerprint density at radius 2 is 2.20 bits per heavy atom. The molecule has 7 heteroatoms. The third-order valence-corrected chi connectivity index (χ3v) is 6.04. The van der Waals surface area contributed by atoms with E-state index in [1.807, 2.05) is 23.1 Å². The molecule has 1 N–H and O–H groups in total. The van der Waals surface area contributed by atoms with Crippen molar-refractivity contribution in [3.05, 3.63) is 24.4 Å². The summed E-state index contributed by atoms with van der Waals surface area (Å²) in [6.07, 6.45) is 5.10. The normalized spacial score (nSPS) is 24.0. The number of likely N-dealkylation sites (tertiary alicyclic amines) is 2. The lowest BCUT2D eigenvalue weighted by atomic mass is 9.73. The summed E-state index contributed by atoms with van der Waals surface area (Å²) >= 11 is 1.47. The van der Waals surface area contributed by atoms with E-state index in [-0.39, 0.29) is 23.8 Å². The van der Waals surface area contributed by atoms with Crippen LogP contribution in [0.4, 0.5) is 0 Å². The number of amides is 2. The number of rotatable bonds is 5. The van der Waals surface area contributed by atoms with E-state index in [1.165, 1.54) is 11.8 Å². The summed E-state index contributed by atoms with van der Waals surface area (Å²) in [6.45, 7) is 2.54. The number of carbonyl (C=O) groups excluding carboxylic acids is 2. The lowest BCUT2D eigenvalue weighted by molar-refractivity contribution is -0.142. The Kier molecular flexibility index (Phi) is 5.96. The molecular formula is C18H25N3O3S. The highest BCUT2D eigenvalue weighted by Gasteiger charge is 2.42. The van der Waals surface area contributed by atoms with Gasteiger partial charge in [-0.25, -0.2) is 4.98 Å². The van der Waals surface area contributed by atoms with Crippen molar-refractivity contribution in [1.82, 2.24) is 14.8 Å². The smallest absolute Gasteiger partial charge is 0.233 e. The van der Waals surface area contributed by atoms with Crippen molar-refractivity contribution in [3.63, 3.8) is 0 Å². The summed E-state index contributed by atoms with van der Waals surface area (Å²) in [4.78, 5) is 32.6. The summed E-state index contributed by atoms with van der Waals surface area (Å²) < 4.78 is 0. The topological polar surface area (TPSA) is 73.7 Å². The third-order valence-electron chi connectivity index (χ3n) is 5.11. The van der Waals surface area contributed by atoms with Gasteiger partial charge in [0.1, 0.15) is 0 Å². The molecule has 3 rings (SSSR count). The zero-order chi connectivity index (χ0) is 17.7. The molecule has 1 atom stereocenters. The van der Waals surface area contributed by atoms with Gasteiger partial charge in [0.2, 0.25) is 11.8 Å². The fourth-order valence-electron chi connectivity index (χ4n) is 3.84. The SMILES string of the molecule is O=C1CC[C@]2(CCCN(C(=O)CSc3ccccn3)C2)CN1CCO. The maximum atomic E-state index is 12.6. The second kappa shape index (κ2) is 8.19. The van der Waals surface area contributed by atoms with E-state index in [2.05, 4.69) is 4.98 Å². The van der Waals surface area contributed by atoms with Gasteiger partial charge < -0.3 is 14.9 Å². The molecule has 0 aromatic carbocycles. The summed E-state index contributed by atoms with van der Waals surface area (Å²) in [5, 5.41) is 10.0. The Bertz CT molecular complexity index is 613. The minimum Gasteiger partial charge on any atom is -0.395 e. The minimum absolute atomic E-state index is 0.00729. The van der Waals surface area contributed by atoms with Crippen LogP contribution in [0.15, 0.2) is 29.4 Å². The summed E-state index contributed by atoms with van der Waals surface area (Å²) in [6, 6.07) is 5.70. The van der Waals surface area contributed by atoms with E-state index < -0.39 is 0 Å². The van der Waals surface area contributed by atoms with Crippen LogP contribution in [-0.4, -0.2) is 70.2 Å². The average molecular weight is 363 g/mol. The molecule has 1 aromatic heterocycles. The van der Waals surface area contributed by atoms with Gasteiger partial charge in [-0.05, 0) is 31.4 Å². The van der Waals surface area contributed by atoms with Crippen molar-refractivity contribution in [2.24, 2.45) is 5.41 Å². The highest BCUT2D eigenvalue weighted by Crippen LogP contribution is 2.39. The maximum Gasteiger partial charge on any atom is 0.233 e. The van der Waals surface area contributed by atoms with Gasteiger partial charge in [-0.2, -0.15) is 0 Å². The lowest BCUT2D eigenvalue weighted by Gasteiger charge is -2.48. The second-order valence-electron chi connectivity index (χ2n) is 6.91. The Balaban J connectivity index is 1.58. The van der Waals surface area contributed by atoms with Gasteiger partial charge in [0, 0.05) is 44.2 Å². The zero-order valence-corrected chi connectivity index (χ0v) is 15.2. The van der Waals surface area contributed by atoms with Gasteiger partial charge in [0.25, 0.3) is 0 Å². The van der Waals surface area contributed by atoms with Gasteiger partial charge >= 0.3 is 0 Å². The van der Waals surface area contributed by atoms with Crippen LogP contribution in [0, 0.1) is 5.41 Å². The number of hydrogen-bond donors (Lipinski definition) is 1. The molecule has 1 aromatic rings. The van der Waals surface area contributed by atoms with Crippen LogP contribution < -0.4 is 0 Å². The van der Waals surface area contributed by atoms with E-state index in [0.29, 0.717) is 31.8 Å². The van der Waals surface area contributed by atoms with Crippen molar-refractivity contribution in [2.45, 2.75) is 30.7 Å². The van der Waals surface area contributed by atoms with Gasteiger partial charge in [-0.1, -0.05) is 17.8 Å². The van der Waals surface area contributed by atoms with Crippen LogP contribution in [0.5, 0.6) is 0 Å². The van der Waals surface area contributed by atoms with Gasteiger partial charge in [0.15, 0.2) is 0 Å². The number of aliphatic hydroxyl groups is 1. The van der Waals surface area contributed by atoms with E-state index >= 15 is 0 Å². The first kappa shape index (κ1) is 18.2. The van der Waals surface area contributed by atoms with Gasteiger partial charge in [-0.15, -0.1) is 0 Å². The summed E-state index contributed by atoms with van der Waals surface area (Å²) in [5.41, 5.74) is -0.00729. The Morgan fingerprint density at radius 1 is 1.32 bits per heavy atom. The highest BCUT2D eigenvalue weighted by molar-refractivity contribution is 7.99. The minimum atomic E-state index is -0.00875. The molecule has 25 heavy (non-hydrogen) atoms. The van der Waals surface area contributed by atoms with Gasteiger partial charge in [-0.3, -0.25) is 9.59 Å². The molecule has 6 nitrogen and oxygen atoms in total. The molecule has 2 aliphatic rings.